The molecule has 0 spiro atoms. The zero-order chi connectivity index (χ0) is 19.1. The summed E-state index contributed by atoms with van der Waals surface area (Å²) in [6, 6.07) is 0. The van der Waals surface area contributed by atoms with Crippen LogP contribution in [0.3, 0.4) is 0 Å². The summed E-state index contributed by atoms with van der Waals surface area (Å²) in [6.07, 6.45) is 12.1. The van der Waals surface area contributed by atoms with Crippen molar-refractivity contribution in [2.24, 2.45) is 28.6 Å². The average Bonchev–Trinajstić information content (AvgIpc) is 2.62. The van der Waals surface area contributed by atoms with Crippen LogP contribution < -0.4 is 0 Å². The Bertz CT molecular complexity index is 612. The number of carbonyl (C=O) groups is 1. The third kappa shape index (κ3) is 2.98. The molecule has 2 heteroatoms. The van der Waals surface area contributed by atoms with E-state index < -0.39 is 0 Å². The first kappa shape index (κ1) is 19.7. The van der Waals surface area contributed by atoms with E-state index in [-0.39, 0.29) is 10.8 Å². The molecule has 0 aromatic rings. The number of fused-ring (bicyclic) bond motifs is 3. The van der Waals surface area contributed by atoms with Crippen molar-refractivity contribution in [2.75, 3.05) is 13.1 Å². The molecule has 1 amide bonds. The summed E-state index contributed by atoms with van der Waals surface area (Å²) in [5.41, 5.74) is 3.28. The van der Waals surface area contributed by atoms with Crippen molar-refractivity contribution in [1.29, 1.82) is 0 Å². The van der Waals surface area contributed by atoms with Crippen LogP contribution in [0.2, 0.25) is 0 Å². The van der Waals surface area contributed by atoms with Gasteiger partial charge in [0.2, 0.25) is 5.91 Å². The highest BCUT2D eigenvalue weighted by Gasteiger charge is 2.57. The number of rotatable bonds is 4. The number of allylic oxidation sites excluding steroid dienone is 4. The minimum Gasteiger partial charge on any atom is -0.343 e. The highest BCUT2D eigenvalue weighted by atomic mass is 16.2. The molecular weight excluding hydrogens is 318 g/mol. The molecule has 0 saturated heterocycles. The lowest BCUT2D eigenvalue weighted by atomic mass is 9.46. The maximum atomic E-state index is 13.5. The molecule has 0 N–H and O–H groups in total. The fourth-order valence-electron chi connectivity index (χ4n) is 6.47. The lowest BCUT2D eigenvalue weighted by molar-refractivity contribution is -0.155. The Kier molecular flexibility index (Phi) is 5.43. The molecule has 0 radical (unpaired) electrons. The van der Waals surface area contributed by atoms with Gasteiger partial charge in [-0.05, 0) is 74.7 Å². The topological polar surface area (TPSA) is 20.3 Å². The second-order valence-corrected chi connectivity index (χ2v) is 9.71. The summed E-state index contributed by atoms with van der Waals surface area (Å²) in [5.74, 6) is 2.19. The van der Waals surface area contributed by atoms with Crippen LogP contribution in [0.15, 0.2) is 23.3 Å². The van der Waals surface area contributed by atoms with Gasteiger partial charge in [0.15, 0.2) is 0 Å². The number of amides is 1. The van der Waals surface area contributed by atoms with E-state index in [1.807, 2.05) is 0 Å². The van der Waals surface area contributed by atoms with E-state index in [0.29, 0.717) is 23.7 Å². The molecule has 0 aromatic carbocycles. The normalized spacial score (nSPS) is 36.7. The molecule has 3 rings (SSSR count). The molecule has 0 heterocycles. The van der Waals surface area contributed by atoms with E-state index in [2.05, 4.69) is 58.6 Å². The Morgan fingerprint density at radius 2 is 1.92 bits per heavy atom. The van der Waals surface area contributed by atoms with Crippen molar-refractivity contribution in [1.82, 2.24) is 4.90 Å². The third-order valence-electron chi connectivity index (χ3n) is 8.12. The molecule has 3 aliphatic carbocycles. The lowest BCUT2D eigenvalue weighted by Crippen LogP contribution is -2.56. The summed E-state index contributed by atoms with van der Waals surface area (Å²) in [4.78, 5) is 15.5. The summed E-state index contributed by atoms with van der Waals surface area (Å²) in [5, 5.41) is 0. The molecular formula is C24H39NO. The Morgan fingerprint density at radius 3 is 2.54 bits per heavy atom. The molecule has 26 heavy (non-hydrogen) atoms. The SMILES string of the molecule is CCN(CC)C(=O)[C@@]1(C)CCC[C@@]2(C)C1CC=C1C=C(C(C)C)CC[C@H]12. The zero-order valence-corrected chi connectivity index (χ0v) is 17.9. The average molecular weight is 358 g/mol. The van der Waals surface area contributed by atoms with Crippen LogP contribution in [0.4, 0.5) is 0 Å². The van der Waals surface area contributed by atoms with E-state index in [1.54, 1.807) is 11.1 Å². The number of hydrogen-bond acceptors (Lipinski definition) is 1. The van der Waals surface area contributed by atoms with Crippen molar-refractivity contribution in [3.05, 3.63) is 23.3 Å². The molecule has 2 nitrogen and oxygen atoms in total. The van der Waals surface area contributed by atoms with Gasteiger partial charge < -0.3 is 4.90 Å². The minimum absolute atomic E-state index is 0.191. The van der Waals surface area contributed by atoms with Crippen LogP contribution in [0.1, 0.15) is 80.1 Å². The maximum absolute atomic E-state index is 13.5. The van der Waals surface area contributed by atoms with Gasteiger partial charge in [0.05, 0.1) is 5.41 Å². The van der Waals surface area contributed by atoms with Crippen LogP contribution >= 0.6 is 0 Å². The largest absolute Gasteiger partial charge is 0.343 e. The van der Waals surface area contributed by atoms with Gasteiger partial charge in [0.1, 0.15) is 0 Å². The monoisotopic (exact) mass is 357 g/mol. The minimum atomic E-state index is -0.191. The Balaban J connectivity index is 1.96. The molecule has 4 atom stereocenters. The van der Waals surface area contributed by atoms with Gasteiger partial charge in [0, 0.05) is 13.1 Å². The van der Waals surface area contributed by atoms with Crippen molar-refractivity contribution < 1.29 is 4.79 Å². The highest BCUT2D eigenvalue weighted by molar-refractivity contribution is 5.83. The van der Waals surface area contributed by atoms with Gasteiger partial charge in [-0.25, -0.2) is 0 Å². The van der Waals surface area contributed by atoms with Gasteiger partial charge in [-0.2, -0.15) is 0 Å². The van der Waals surface area contributed by atoms with Crippen molar-refractivity contribution >= 4 is 5.91 Å². The summed E-state index contributed by atoms with van der Waals surface area (Å²) >= 11 is 0. The van der Waals surface area contributed by atoms with E-state index in [4.69, 9.17) is 0 Å². The maximum Gasteiger partial charge on any atom is 0.228 e. The molecule has 1 fully saturated rings. The van der Waals surface area contributed by atoms with Crippen molar-refractivity contribution in [2.45, 2.75) is 80.1 Å². The number of carbonyl (C=O) groups excluding carboxylic acids is 1. The van der Waals surface area contributed by atoms with Gasteiger partial charge in [-0.15, -0.1) is 0 Å². The van der Waals surface area contributed by atoms with E-state index in [1.165, 1.54) is 25.7 Å². The first-order valence-corrected chi connectivity index (χ1v) is 11.0. The smallest absolute Gasteiger partial charge is 0.228 e. The fraction of sp³-hybridized carbons (Fsp3) is 0.792. The van der Waals surface area contributed by atoms with Gasteiger partial charge in [-0.1, -0.05) is 51.8 Å². The molecule has 146 valence electrons. The van der Waals surface area contributed by atoms with Crippen molar-refractivity contribution in [3.8, 4) is 0 Å². The molecule has 0 aliphatic heterocycles. The first-order valence-electron chi connectivity index (χ1n) is 11.0. The molecule has 0 aromatic heterocycles. The van der Waals surface area contributed by atoms with Crippen LogP contribution in [0.5, 0.6) is 0 Å². The zero-order valence-electron chi connectivity index (χ0n) is 17.9. The van der Waals surface area contributed by atoms with Crippen LogP contribution in [0, 0.1) is 28.6 Å². The first-order chi connectivity index (χ1) is 12.3. The fourth-order valence-corrected chi connectivity index (χ4v) is 6.47. The van der Waals surface area contributed by atoms with Gasteiger partial charge in [-0.3, -0.25) is 4.79 Å². The van der Waals surface area contributed by atoms with E-state index in [0.717, 1.165) is 25.9 Å². The predicted molar refractivity (Wildman–Crippen MR) is 110 cm³/mol. The highest BCUT2D eigenvalue weighted by Crippen LogP contribution is 2.62. The standard InChI is InChI=1S/C24H39NO/c1-7-25(8-2)22(26)24(6)15-9-14-23(5)20-12-10-18(17(3)4)16-19(20)11-13-21(23)24/h11,16-17,20-21H,7-10,12-15H2,1-6H3/t20-,21?,23-,24+/m1/s1. The second kappa shape index (κ2) is 7.17. The quantitative estimate of drug-likeness (QED) is 0.605. The predicted octanol–water partition coefficient (Wildman–Crippen LogP) is 5.99. The molecule has 1 unspecified atom stereocenters. The van der Waals surface area contributed by atoms with Gasteiger partial charge in [0.25, 0.3) is 0 Å². The Hall–Kier alpha value is -1.05. The summed E-state index contributed by atoms with van der Waals surface area (Å²) < 4.78 is 0. The lowest BCUT2D eigenvalue weighted by Gasteiger charge is -2.58. The van der Waals surface area contributed by atoms with Crippen LogP contribution in [-0.4, -0.2) is 23.9 Å². The summed E-state index contributed by atoms with van der Waals surface area (Å²) in [7, 11) is 0. The van der Waals surface area contributed by atoms with Crippen LogP contribution in [-0.2, 0) is 4.79 Å². The Morgan fingerprint density at radius 1 is 1.23 bits per heavy atom. The van der Waals surface area contributed by atoms with E-state index in [9.17, 15) is 4.79 Å². The number of hydrogen-bond donors (Lipinski definition) is 0. The van der Waals surface area contributed by atoms with E-state index >= 15 is 0 Å². The number of nitrogens with zero attached hydrogens (tertiary/aromatic N) is 1. The van der Waals surface area contributed by atoms with Gasteiger partial charge >= 0.3 is 0 Å². The molecule has 3 aliphatic rings. The van der Waals surface area contributed by atoms with Crippen molar-refractivity contribution in [3.63, 3.8) is 0 Å². The Labute approximate surface area is 161 Å². The summed E-state index contributed by atoms with van der Waals surface area (Å²) in [6.45, 7) is 15.3. The third-order valence-corrected chi connectivity index (χ3v) is 8.12. The molecule has 1 saturated carbocycles. The van der Waals surface area contributed by atoms with Crippen LogP contribution in [0.25, 0.3) is 0 Å². The molecule has 0 bridgehead atoms. The second-order valence-electron chi connectivity index (χ2n) is 9.71.